The number of methoxy groups -OCH3 is 1. The summed E-state index contributed by atoms with van der Waals surface area (Å²) < 4.78 is 6.51. The quantitative estimate of drug-likeness (QED) is 0.844. The molecule has 0 bridgehead atoms. The number of benzene rings is 1. The lowest BCUT2D eigenvalue weighted by molar-refractivity contribution is 0.311. The summed E-state index contributed by atoms with van der Waals surface area (Å²) in [6, 6.07) is 6.20. The molecule has 3 heteroatoms. The van der Waals surface area contributed by atoms with Crippen molar-refractivity contribution in [3.05, 3.63) is 28.2 Å². The average Bonchev–Trinajstić information content (AvgIpc) is 2.64. The first-order chi connectivity index (χ1) is 7.69. The minimum atomic E-state index is 0.832. The molecule has 1 aromatic carbocycles. The number of rotatable bonds is 3. The van der Waals surface area contributed by atoms with Gasteiger partial charge < -0.3 is 4.74 Å². The highest BCUT2D eigenvalue weighted by atomic mass is 79.9. The standard InChI is InChI=1S/C13H18BrNO/c1-10-5-6-15(8-10)9-11-7-12(14)3-4-13(11)16-2/h3-4,7,10H,5-6,8-9H2,1-2H3. The van der Waals surface area contributed by atoms with E-state index in [9.17, 15) is 0 Å². The highest BCUT2D eigenvalue weighted by Crippen LogP contribution is 2.26. The van der Waals surface area contributed by atoms with Gasteiger partial charge in [0.25, 0.3) is 0 Å². The van der Waals surface area contributed by atoms with Crippen LogP contribution in [0.25, 0.3) is 0 Å². The van der Waals surface area contributed by atoms with Gasteiger partial charge in [-0.1, -0.05) is 22.9 Å². The summed E-state index contributed by atoms with van der Waals surface area (Å²) in [5, 5.41) is 0. The molecule has 1 atom stereocenters. The Labute approximate surface area is 106 Å². The molecule has 0 aromatic heterocycles. The molecule has 0 N–H and O–H groups in total. The van der Waals surface area contributed by atoms with Crippen LogP contribution in [0, 0.1) is 5.92 Å². The molecule has 1 saturated heterocycles. The van der Waals surface area contributed by atoms with Gasteiger partial charge in [0, 0.05) is 23.1 Å². The van der Waals surface area contributed by atoms with Crippen LogP contribution >= 0.6 is 15.9 Å². The first kappa shape index (κ1) is 11.9. The van der Waals surface area contributed by atoms with E-state index in [0.717, 1.165) is 22.7 Å². The Morgan fingerprint density at radius 2 is 2.31 bits per heavy atom. The fourth-order valence-corrected chi connectivity index (χ4v) is 2.69. The first-order valence-corrected chi connectivity index (χ1v) is 6.53. The van der Waals surface area contributed by atoms with Crippen LogP contribution in [0.4, 0.5) is 0 Å². The molecule has 1 unspecified atom stereocenters. The van der Waals surface area contributed by atoms with Crippen LogP contribution in [-0.2, 0) is 6.54 Å². The zero-order chi connectivity index (χ0) is 11.5. The van der Waals surface area contributed by atoms with Gasteiger partial charge in [0.2, 0.25) is 0 Å². The van der Waals surface area contributed by atoms with Gasteiger partial charge in [0.1, 0.15) is 5.75 Å². The van der Waals surface area contributed by atoms with Crippen molar-refractivity contribution in [1.29, 1.82) is 0 Å². The second-order valence-electron chi connectivity index (χ2n) is 4.59. The molecule has 0 spiro atoms. The van der Waals surface area contributed by atoms with E-state index >= 15 is 0 Å². The number of halogens is 1. The van der Waals surface area contributed by atoms with E-state index in [2.05, 4.69) is 33.8 Å². The minimum Gasteiger partial charge on any atom is -0.496 e. The van der Waals surface area contributed by atoms with Gasteiger partial charge in [-0.25, -0.2) is 0 Å². The summed E-state index contributed by atoms with van der Waals surface area (Å²) in [5.74, 6) is 1.82. The zero-order valence-corrected chi connectivity index (χ0v) is 11.5. The van der Waals surface area contributed by atoms with Crippen LogP contribution in [0.2, 0.25) is 0 Å². The number of likely N-dealkylation sites (tertiary alicyclic amines) is 1. The smallest absolute Gasteiger partial charge is 0.123 e. The second-order valence-corrected chi connectivity index (χ2v) is 5.50. The summed E-state index contributed by atoms with van der Waals surface area (Å²) in [5.41, 5.74) is 1.27. The molecular formula is C13H18BrNO. The van der Waals surface area contributed by atoms with E-state index in [1.807, 2.05) is 12.1 Å². The number of nitrogens with zero attached hydrogens (tertiary/aromatic N) is 1. The lowest BCUT2D eigenvalue weighted by atomic mass is 10.2. The van der Waals surface area contributed by atoms with Crippen molar-refractivity contribution in [2.75, 3.05) is 20.2 Å². The third-order valence-corrected chi connectivity index (χ3v) is 3.64. The molecule has 1 aliphatic heterocycles. The van der Waals surface area contributed by atoms with Gasteiger partial charge in [-0.15, -0.1) is 0 Å². The Morgan fingerprint density at radius 3 is 2.94 bits per heavy atom. The van der Waals surface area contributed by atoms with Crippen LogP contribution in [0.5, 0.6) is 5.75 Å². The SMILES string of the molecule is COc1ccc(Br)cc1CN1CCC(C)C1. The van der Waals surface area contributed by atoms with Crippen molar-refractivity contribution in [3.63, 3.8) is 0 Å². The Balaban J connectivity index is 2.10. The normalized spacial score (nSPS) is 21.3. The lowest BCUT2D eigenvalue weighted by Gasteiger charge is -2.17. The summed E-state index contributed by atoms with van der Waals surface area (Å²) in [4.78, 5) is 2.50. The molecule has 0 amide bonds. The van der Waals surface area contributed by atoms with E-state index in [1.54, 1.807) is 7.11 Å². The highest BCUT2D eigenvalue weighted by Gasteiger charge is 2.19. The predicted octanol–water partition coefficient (Wildman–Crippen LogP) is 3.30. The lowest BCUT2D eigenvalue weighted by Crippen LogP contribution is -2.20. The van der Waals surface area contributed by atoms with Gasteiger partial charge in [-0.05, 0) is 37.1 Å². The maximum absolute atomic E-state index is 5.39. The van der Waals surface area contributed by atoms with Gasteiger partial charge >= 0.3 is 0 Å². The monoisotopic (exact) mass is 283 g/mol. The van der Waals surface area contributed by atoms with Gasteiger partial charge in [-0.2, -0.15) is 0 Å². The van der Waals surface area contributed by atoms with Gasteiger partial charge in [-0.3, -0.25) is 4.90 Å². The van der Waals surface area contributed by atoms with Crippen LogP contribution in [-0.4, -0.2) is 25.1 Å². The van der Waals surface area contributed by atoms with Crippen molar-refractivity contribution in [2.24, 2.45) is 5.92 Å². The van der Waals surface area contributed by atoms with Crippen molar-refractivity contribution >= 4 is 15.9 Å². The van der Waals surface area contributed by atoms with E-state index in [4.69, 9.17) is 4.74 Å². The Hall–Kier alpha value is -0.540. The highest BCUT2D eigenvalue weighted by molar-refractivity contribution is 9.10. The van der Waals surface area contributed by atoms with Crippen molar-refractivity contribution in [1.82, 2.24) is 4.90 Å². The van der Waals surface area contributed by atoms with E-state index in [0.29, 0.717) is 0 Å². The molecule has 16 heavy (non-hydrogen) atoms. The summed E-state index contributed by atoms with van der Waals surface area (Å²) >= 11 is 3.51. The van der Waals surface area contributed by atoms with Crippen molar-refractivity contribution < 1.29 is 4.74 Å². The number of ether oxygens (including phenoxy) is 1. The fourth-order valence-electron chi connectivity index (χ4n) is 2.28. The number of hydrogen-bond acceptors (Lipinski definition) is 2. The molecule has 0 saturated carbocycles. The van der Waals surface area contributed by atoms with Crippen molar-refractivity contribution in [3.8, 4) is 5.75 Å². The van der Waals surface area contributed by atoms with Crippen LogP contribution in [0.15, 0.2) is 22.7 Å². The maximum Gasteiger partial charge on any atom is 0.123 e. The van der Waals surface area contributed by atoms with Crippen LogP contribution < -0.4 is 4.74 Å². The molecule has 88 valence electrons. The molecule has 1 aromatic rings. The molecular weight excluding hydrogens is 266 g/mol. The third-order valence-electron chi connectivity index (χ3n) is 3.14. The minimum absolute atomic E-state index is 0.832. The summed E-state index contributed by atoms with van der Waals surface area (Å²) in [6.07, 6.45) is 1.32. The predicted molar refractivity (Wildman–Crippen MR) is 69.8 cm³/mol. The van der Waals surface area contributed by atoms with Gasteiger partial charge in [0.15, 0.2) is 0 Å². The topological polar surface area (TPSA) is 12.5 Å². The van der Waals surface area contributed by atoms with Crippen molar-refractivity contribution in [2.45, 2.75) is 19.9 Å². The molecule has 2 nitrogen and oxygen atoms in total. The van der Waals surface area contributed by atoms with Crippen LogP contribution in [0.1, 0.15) is 18.9 Å². The summed E-state index contributed by atoms with van der Waals surface area (Å²) in [7, 11) is 1.74. The van der Waals surface area contributed by atoms with E-state index in [-0.39, 0.29) is 0 Å². The van der Waals surface area contributed by atoms with Crippen LogP contribution in [0.3, 0.4) is 0 Å². The van der Waals surface area contributed by atoms with Gasteiger partial charge in [0.05, 0.1) is 7.11 Å². The average molecular weight is 284 g/mol. The second kappa shape index (κ2) is 5.19. The number of hydrogen-bond donors (Lipinski definition) is 0. The molecule has 1 fully saturated rings. The third kappa shape index (κ3) is 2.77. The molecule has 1 aliphatic rings. The summed E-state index contributed by atoms with van der Waals surface area (Å²) in [6.45, 7) is 5.72. The largest absolute Gasteiger partial charge is 0.496 e. The fraction of sp³-hybridized carbons (Fsp3) is 0.538. The Morgan fingerprint density at radius 1 is 1.50 bits per heavy atom. The molecule has 0 radical (unpaired) electrons. The molecule has 0 aliphatic carbocycles. The maximum atomic E-state index is 5.39. The Bertz CT molecular complexity index is 367. The molecule has 1 heterocycles. The molecule has 2 rings (SSSR count). The Kier molecular flexibility index (Phi) is 3.87. The first-order valence-electron chi connectivity index (χ1n) is 5.74. The van der Waals surface area contributed by atoms with E-state index in [1.165, 1.54) is 25.1 Å². The zero-order valence-electron chi connectivity index (χ0n) is 9.87. The van der Waals surface area contributed by atoms with E-state index < -0.39 is 0 Å².